The zero-order chi connectivity index (χ0) is 36.8. The summed E-state index contributed by atoms with van der Waals surface area (Å²) in [5.41, 5.74) is 2.35. The van der Waals surface area contributed by atoms with E-state index >= 15 is 0 Å². The van der Waals surface area contributed by atoms with Gasteiger partial charge in [0.25, 0.3) is 11.8 Å². The van der Waals surface area contributed by atoms with E-state index in [0.717, 1.165) is 22.5 Å². The van der Waals surface area contributed by atoms with Crippen molar-refractivity contribution in [1.82, 2.24) is 30.6 Å². The first-order valence-electron chi connectivity index (χ1n) is 16.5. The van der Waals surface area contributed by atoms with E-state index in [0.29, 0.717) is 34.2 Å². The molecule has 1 saturated heterocycles. The van der Waals surface area contributed by atoms with Gasteiger partial charge in [0.1, 0.15) is 27.7 Å². The smallest absolute Gasteiger partial charge is 0.413 e. The molecular formula is C36H37N7O6S3. The Morgan fingerprint density at radius 2 is 1.79 bits per heavy atom. The molecule has 3 N–H and O–H groups in total. The number of benzene rings is 2. The van der Waals surface area contributed by atoms with Gasteiger partial charge in [-0.05, 0) is 43.9 Å². The Labute approximate surface area is 313 Å². The highest BCUT2D eigenvalue weighted by atomic mass is 32.2. The number of aromatic nitrogens is 4. The molecule has 13 nitrogen and oxygen atoms in total. The number of hydrogen-bond donors (Lipinski definition) is 3. The maximum atomic E-state index is 14.3. The summed E-state index contributed by atoms with van der Waals surface area (Å²) in [6.07, 6.45) is 2.44. The van der Waals surface area contributed by atoms with Gasteiger partial charge in [-0.3, -0.25) is 19.8 Å². The number of rotatable bonds is 12. The Bertz CT molecular complexity index is 1940. The quantitative estimate of drug-likeness (QED) is 0.0653. The van der Waals surface area contributed by atoms with Crippen LogP contribution in [0.2, 0.25) is 0 Å². The molecule has 0 aliphatic carbocycles. The Morgan fingerprint density at radius 1 is 1.10 bits per heavy atom. The lowest BCUT2D eigenvalue weighted by atomic mass is 10.0. The van der Waals surface area contributed by atoms with Crippen LogP contribution in [0.25, 0.3) is 5.57 Å². The molecule has 4 aromatic rings. The van der Waals surface area contributed by atoms with Gasteiger partial charge in [-0.2, -0.15) is 10.3 Å². The summed E-state index contributed by atoms with van der Waals surface area (Å²) >= 11 is 3.99. The average Bonchev–Trinajstić information content (AvgIpc) is 3.83. The zero-order valence-corrected chi connectivity index (χ0v) is 31.3. The lowest BCUT2D eigenvalue weighted by Gasteiger charge is -2.50. The molecule has 4 heterocycles. The topological polar surface area (TPSA) is 168 Å². The molecule has 2 aliphatic rings. The predicted octanol–water partition coefficient (Wildman–Crippen LogP) is 6.18. The number of β-lactam (4-membered cyclic amide) rings is 1. The summed E-state index contributed by atoms with van der Waals surface area (Å²) < 4.78 is 11.6. The number of carbonyl (C=O) groups is 4. The lowest BCUT2D eigenvalue weighted by Crippen LogP contribution is -2.70. The van der Waals surface area contributed by atoms with Crippen LogP contribution in [0, 0.1) is 0 Å². The maximum Gasteiger partial charge on any atom is 0.413 e. The second-order valence-electron chi connectivity index (χ2n) is 12.7. The fourth-order valence-corrected chi connectivity index (χ4v) is 8.50. The molecule has 1 fully saturated rings. The van der Waals surface area contributed by atoms with E-state index in [2.05, 4.69) is 31.0 Å². The van der Waals surface area contributed by atoms with Gasteiger partial charge in [0.2, 0.25) is 0 Å². The standard InChI is InChI=1S/C36H37N7O6S3/c1-5-12-24(25-20-52-34(38-25)40-35(47)49-36(2,3)4)30(44)39-27-31(45)43-28(23(19-51-32(27)43)18-50-26-17-37-42-41-26)33(46)48-29(21-13-8-6-9-14-21)22-15-10-7-11-16-22/h6-17,20,27,29,32H,5,18-19H2,1-4H3,(H,39,44)(H,37,41,42)(H,38,40,47)/b24-12-/t27-,32-/m1/s1. The number of nitrogens with one attached hydrogen (secondary N) is 3. The van der Waals surface area contributed by atoms with Crippen LogP contribution in [-0.2, 0) is 23.9 Å². The molecule has 6 rings (SSSR count). The van der Waals surface area contributed by atoms with E-state index in [-0.39, 0.29) is 16.4 Å². The fraction of sp³-hybridized carbons (Fsp3) is 0.306. The molecule has 52 heavy (non-hydrogen) atoms. The van der Waals surface area contributed by atoms with Crippen molar-refractivity contribution in [2.75, 3.05) is 16.8 Å². The summed E-state index contributed by atoms with van der Waals surface area (Å²) in [4.78, 5) is 60.1. The summed E-state index contributed by atoms with van der Waals surface area (Å²) in [7, 11) is 0. The van der Waals surface area contributed by atoms with Gasteiger partial charge in [-0.1, -0.05) is 85.4 Å². The maximum absolute atomic E-state index is 14.3. The van der Waals surface area contributed by atoms with E-state index < -0.39 is 47.0 Å². The molecule has 0 radical (unpaired) electrons. The predicted molar refractivity (Wildman–Crippen MR) is 200 cm³/mol. The van der Waals surface area contributed by atoms with Crippen molar-refractivity contribution in [1.29, 1.82) is 0 Å². The third kappa shape index (κ3) is 8.57. The minimum atomic E-state index is -0.901. The second-order valence-corrected chi connectivity index (χ2v) is 15.7. The molecule has 0 saturated carbocycles. The molecule has 16 heteroatoms. The SMILES string of the molecule is CC/C=C(\C(=O)N[C@@H]1C(=O)N2C(C(=O)OC(c3ccccc3)c3ccccc3)=C(CSc3cn[nH]n3)CS[C@H]12)c1csc(NC(=O)OC(C)(C)C)n1. The van der Waals surface area contributed by atoms with Crippen LogP contribution in [0.1, 0.15) is 57.0 Å². The number of nitrogens with zero attached hydrogens (tertiary/aromatic N) is 4. The van der Waals surface area contributed by atoms with Crippen LogP contribution in [-0.4, -0.2) is 77.7 Å². The molecule has 2 aromatic carbocycles. The van der Waals surface area contributed by atoms with Gasteiger partial charge in [-0.15, -0.1) is 28.2 Å². The van der Waals surface area contributed by atoms with Gasteiger partial charge in [-0.25, -0.2) is 14.6 Å². The van der Waals surface area contributed by atoms with Crippen molar-refractivity contribution < 1.29 is 28.7 Å². The number of fused-ring (bicyclic) bond motifs is 1. The van der Waals surface area contributed by atoms with Gasteiger partial charge >= 0.3 is 12.1 Å². The first-order chi connectivity index (χ1) is 25.0. The van der Waals surface area contributed by atoms with Crippen LogP contribution < -0.4 is 10.6 Å². The molecule has 270 valence electrons. The zero-order valence-electron chi connectivity index (χ0n) is 28.8. The second kappa shape index (κ2) is 16.2. The Balaban J connectivity index is 1.22. The van der Waals surface area contributed by atoms with E-state index in [1.54, 1.807) is 38.4 Å². The number of thiazole rings is 1. The van der Waals surface area contributed by atoms with Gasteiger partial charge in [0.05, 0.1) is 17.5 Å². The number of carbonyl (C=O) groups excluding carboxylic acids is 4. The average molecular weight is 760 g/mol. The number of anilines is 1. The van der Waals surface area contributed by atoms with Crippen molar-refractivity contribution in [3.63, 3.8) is 0 Å². The molecule has 0 bridgehead atoms. The van der Waals surface area contributed by atoms with E-state index in [1.807, 2.05) is 67.6 Å². The van der Waals surface area contributed by atoms with Crippen LogP contribution >= 0.6 is 34.9 Å². The van der Waals surface area contributed by atoms with Crippen LogP contribution in [0.3, 0.4) is 0 Å². The summed E-state index contributed by atoms with van der Waals surface area (Å²) in [5.74, 6) is -0.787. The minimum absolute atomic E-state index is 0.161. The van der Waals surface area contributed by atoms with E-state index in [1.165, 1.54) is 28.4 Å². The Hall–Kier alpha value is -4.93. The molecule has 0 spiro atoms. The third-order valence-electron chi connectivity index (χ3n) is 7.78. The number of aromatic amines is 1. The highest BCUT2D eigenvalue weighted by Gasteiger charge is 2.54. The van der Waals surface area contributed by atoms with E-state index in [9.17, 15) is 19.2 Å². The van der Waals surface area contributed by atoms with Crippen LogP contribution in [0.5, 0.6) is 0 Å². The first-order valence-corrected chi connectivity index (χ1v) is 19.4. The van der Waals surface area contributed by atoms with E-state index in [4.69, 9.17) is 9.47 Å². The molecule has 2 aliphatic heterocycles. The third-order valence-corrected chi connectivity index (χ3v) is 10.9. The number of ether oxygens (including phenoxy) is 2. The molecular weight excluding hydrogens is 723 g/mol. The highest BCUT2D eigenvalue weighted by Crippen LogP contribution is 2.43. The number of allylic oxidation sites excluding steroid dienone is 1. The molecule has 2 aromatic heterocycles. The summed E-state index contributed by atoms with van der Waals surface area (Å²) in [5, 5.41) is 18.1. The molecule has 2 atom stereocenters. The molecule has 3 amide bonds. The van der Waals surface area contributed by atoms with Crippen molar-refractivity contribution in [2.24, 2.45) is 0 Å². The Kier molecular flexibility index (Phi) is 11.5. The lowest BCUT2D eigenvalue weighted by molar-refractivity contribution is -0.154. The number of hydrogen-bond acceptors (Lipinski definition) is 12. The monoisotopic (exact) mass is 759 g/mol. The number of H-pyrrole nitrogens is 1. The first kappa shape index (κ1) is 36.8. The van der Waals surface area contributed by atoms with Gasteiger partial charge < -0.3 is 14.8 Å². The summed E-state index contributed by atoms with van der Waals surface area (Å²) in [6, 6.07) is 17.9. The van der Waals surface area contributed by atoms with Crippen LogP contribution in [0.15, 0.2) is 94.6 Å². The minimum Gasteiger partial charge on any atom is -0.448 e. The van der Waals surface area contributed by atoms with Crippen LogP contribution in [0.4, 0.5) is 9.93 Å². The van der Waals surface area contributed by atoms with Gasteiger partial charge in [0.15, 0.2) is 11.2 Å². The van der Waals surface area contributed by atoms with Crippen molar-refractivity contribution in [2.45, 2.75) is 62.3 Å². The number of amides is 3. The van der Waals surface area contributed by atoms with Crippen molar-refractivity contribution >= 4 is 69.4 Å². The fourth-order valence-electron chi connectivity index (χ4n) is 5.53. The number of thioether (sulfide) groups is 2. The number of esters is 1. The highest BCUT2D eigenvalue weighted by molar-refractivity contribution is 8.01. The molecule has 0 unspecified atom stereocenters. The summed E-state index contributed by atoms with van der Waals surface area (Å²) in [6.45, 7) is 7.15. The Morgan fingerprint density at radius 3 is 2.40 bits per heavy atom. The normalized spacial score (nSPS) is 17.4. The van der Waals surface area contributed by atoms with Crippen molar-refractivity contribution in [3.05, 3.63) is 106 Å². The van der Waals surface area contributed by atoms with Gasteiger partial charge in [0, 0.05) is 16.9 Å². The largest absolute Gasteiger partial charge is 0.448 e. The van der Waals surface area contributed by atoms with Crippen molar-refractivity contribution in [3.8, 4) is 0 Å².